The number of aliphatic hydroxyl groups is 1. The maximum atomic E-state index is 9.63. The number of aliphatic hydroxyl groups excluding tert-OH is 1. The summed E-state index contributed by atoms with van der Waals surface area (Å²) in [5.41, 5.74) is 0. The molecule has 0 aliphatic carbocycles. The molecular formula is C13H27NO. The number of rotatable bonds is 8. The second-order valence-corrected chi connectivity index (χ2v) is 4.84. The van der Waals surface area contributed by atoms with Crippen molar-refractivity contribution in [2.45, 2.75) is 52.7 Å². The first kappa shape index (κ1) is 14.7. The van der Waals surface area contributed by atoms with Crippen LogP contribution in [0.25, 0.3) is 0 Å². The molecule has 2 heteroatoms. The normalized spacial score (nSPS) is 17.5. The zero-order valence-electron chi connectivity index (χ0n) is 10.7. The summed E-state index contributed by atoms with van der Waals surface area (Å²) in [7, 11) is 0. The molecule has 2 N–H and O–H groups in total. The summed E-state index contributed by atoms with van der Waals surface area (Å²) in [6, 6.07) is 0.488. The van der Waals surface area contributed by atoms with E-state index in [0.717, 1.165) is 19.4 Å². The van der Waals surface area contributed by atoms with Crippen LogP contribution in [0, 0.1) is 11.8 Å². The molecule has 0 saturated heterocycles. The Labute approximate surface area is 94.8 Å². The zero-order valence-corrected chi connectivity index (χ0v) is 10.7. The quantitative estimate of drug-likeness (QED) is 0.607. The molecule has 0 aromatic rings. The van der Waals surface area contributed by atoms with E-state index < -0.39 is 0 Å². The molecule has 0 aromatic heterocycles. The molecule has 3 unspecified atom stereocenters. The van der Waals surface area contributed by atoms with Crippen molar-refractivity contribution in [2.75, 3.05) is 6.54 Å². The van der Waals surface area contributed by atoms with E-state index >= 15 is 0 Å². The Morgan fingerprint density at radius 3 is 2.33 bits per heavy atom. The van der Waals surface area contributed by atoms with Gasteiger partial charge in [0, 0.05) is 6.04 Å². The van der Waals surface area contributed by atoms with Crippen LogP contribution in [0.5, 0.6) is 0 Å². The van der Waals surface area contributed by atoms with Gasteiger partial charge in [-0.3, -0.25) is 0 Å². The molecule has 0 spiro atoms. The summed E-state index contributed by atoms with van der Waals surface area (Å²) in [5.74, 6) is 0.964. The van der Waals surface area contributed by atoms with Gasteiger partial charge in [0.25, 0.3) is 0 Å². The summed E-state index contributed by atoms with van der Waals surface area (Å²) in [4.78, 5) is 0. The van der Waals surface area contributed by atoms with Gasteiger partial charge in [0.2, 0.25) is 0 Å². The van der Waals surface area contributed by atoms with E-state index in [2.05, 4.69) is 39.6 Å². The van der Waals surface area contributed by atoms with Crippen molar-refractivity contribution >= 4 is 0 Å². The molecule has 0 rings (SSSR count). The zero-order chi connectivity index (χ0) is 11.8. The summed E-state index contributed by atoms with van der Waals surface area (Å²) in [5, 5.41) is 13.1. The van der Waals surface area contributed by atoms with Gasteiger partial charge in [-0.2, -0.15) is 0 Å². The fraction of sp³-hybridized carbons (Fsp3) is 0.846. The first-order valence-corrected chi connectivity index (χ1v) is 6.01. The van der Waals surface area contributed by atoms with Crippen molar-refractivity contribution in [3.63, 3.8) is 0 Å². The lowest BCUT2D eigenvalue weighted by atomic mass is 9.99. The van der Waals surface area contributed by atoms with E-state index in [1.807, 2.05) is 6.08 Å². The Hall–Kier alpha value is -0.340. The maximum Gasteiger partial charge on any atom is 0.0575 e. The summed E-state index contributed by atoms with van der Waals surface area (Å²) in [6.45, 7) is 13.1. The molecule has 3 atom stereocenters. The Morgan fingerprint density at radius 1 is 1.27 bits per heavy atom. The lowest BCUT2D eigenvalue weighted by Crippen LogP contribution is -2.34. The fourth-order valence-corrected chi connectivity index (χ4v) is 1.46. The molecule has 0 amide bonds. The van der Waals surface area contributed by atoms with E-state index in [1.54, 1.807) is 0 Å². The summed E-state index contributed by atoms with van der Waals surface area (Å²) in [6.07, 6.45) is 3.66. The van der Waals surface area contributed by atoms with Gasteiger partial charge in [-0.15, -0.1) is 6.58 Å². The second kappa shape index (κ2) is 7.89. The Bertz CT molecular complexity index is 168. The average molecular weight is 213 g/mol. The maximum absolute atomic E-state index is 9.63. The molecular weight excluding hydrogens is 186 g/mol. The first-order valence-electron chi connectivity index (χ1n) is 6.01. The van der Waals surface area contributed by atoms with Crippen LogP contribution in [0.1, 0.15) is 40.5 Å². The van der Waals surface area contributed by atoms with Crippen molar-refractivity contribution in [1.29, 1.82) is 0 Å². The summed E-state index contributed by atoms with van der Waals surface area (Å²) >= 11 is 0. The molecule has 0 heterocycles. The molecule has 0 bridgehead atoms. The van der Waals surface area contributed by atoms with Gasteiger partial charge >= 0.3 is 0 Å². The van der Waals surface area contributed by atoms with Gasteiger partial charge in [0.15, 0.2) is 0 Å². The molecule has 2 nitrogen and oxygen atoms in total. The van der Waals surface area contributed by atoms with Gasteiger partial charge < -0.3 is 10.4 Å². The predicted molar refractivity (Wildman–Crippen MR) is 66.9 cm³/mol. The third-order valence-electron chi connectivity index (χ3n) is 3.07. The standard InChI is InChI=1S/C13H27NO/c1-6-7-11(4)12(5)14-9-8-13(15)10(2)3/h6,10-15H,1,7-9H2,2-5H3. The topological polar surface area (TPSA) is 32.3 Å². The Kier molecular flexibility index (Phi) is 7.71. The average Bonchev–Trinajstić information content (AvgIpc) is 2.17. The minimum absolute atomic E-state index is 0.181. The van der Waals surface area contributed by atoms with Gasteiger partial charge in [-0.1, -0.05) is 26.8 Å². The SMILES string of the molecule is C=CCC(C)C(C)NCCC(O)C(C)C. The monoisotopic (exact) mass is 213 g/mol. The largest absolute Gasteiger partial charge is 0.393 e. The van der Waals surface area contributed by atoms with Gasteiger partial charge in [0.05, 0.1) is 6.10 Å². The van der Waals surface area contributed by atoms with E-state index in [0.29, 0.717) is 17.9 Å². The fourth-order valence-electron chi connectivity index (χ4n) is 1.46. The number of nitrogens with one attached hydrogen (secondary N) is 1. The van der Waals surface area contributed by atoms with Crippen molar-refractivity contribution in [3.05, 3.63) is 12.7 Å². The van der Waals surface area contributed by atoms with Gasteiger partial charge in [-0.25, -0.2) is 0 Å². The van der Waals surface area contributed by atoms with E-state index in [-0.39, 0.29) is 6.10 Å². The van der Waals surface area contributed by atoms with E-state index in [4.69, 9.17) is 0 Å². The number of hydrogen-bond donors (Lipinski definition) is 2. The molecule has 0 radical (unpaired) electrons. The van der Waals surface area contributed by atoms with Crippen molar-refractivity contribution in [2.24, 2.45) is 11.8 Å². The molecule has 15 heavy (non-hydrogen) atoms. The van der Waals surface area contributed by atoms with Crippen LogP contribution in [0.2, 0.25) is 0 Å². The lowest BCUT2D eigenvalue weighted by molar-refractivity contribution is 0.114. The van der Waals surface area contributed by atoms with E-state index in [9.17, 15) is 5.11 Å². The minimum atomic E-state index is -0.181. The van der Waals surface area contributed by atoms with Crippen molar-refractivity contribution in [1.82, 2.24) is 5.32 Å². The Balaban J connectivity index is 3.62. The minimum Gasteiger partial charge on any atom is -0.393 e. The van der Waals surface area contributed by atoms with Gasteiger partial charge in [-0.05, 0) is 38.1 Å². The first-order chi connectivity index (χ1) is 6.99. The van der Waals surface area contributed by atoms with Crippen LogP contribution in [-0.2, 0) is 0 Å². The second-order valence-electron chi connectivity index (χ2n) is 4.84. The third kappa shape index (κ3) is 6.69. The van der Waals surface area contributed by atoms with Gasteiger partial charge in [0.1, 0.15) is 0 Å². The van der Waals surface area contributed by atoms with Crippen LogP contribution < -0.4 is 5.32 Å². The number of hydrogen-bond acceptors (Lipinski definition) is 2. The highest BCUT2D eigenvalue weighted by molar-refractivity contribution is 4.77. The smallest absolute Gasteiger partial charge is 0.0575 e. The van der Waals surface area contributed by atoms with Crippen LogP contribution >= 0.6 is 0 Å². The van der Waals surface area contributed by atoms with E-state index in [1.165, 1.54) is 0 Å². The van der Waals surface area contributed by atoms with Crippen molar-refractivity contribution < 1.29 is 5.11 Å². The highest BCUT2D eigenvalue weighted by atomic mass is 16.3. The predicted octanol–water partition coefficient (Wildman–Crippen LogP) is 2.58. The lowest BCUT2D eigenvalue weighted by Gasteiger charge is -2.21. The molecule has 0 fully saturated rings. The molecule has 90 valence electrons. The summed E-state index contributed by atoms with van der Waals surface area (Å²) < 4.78 is 0. The highest BCUT2D eigenvalue weighted by Gasteiger charge is 2.12. The third-order valence-corrected chi connectivity index (χ3v) is 3.07. The molecule has 0 aromatic carbocycles. The molecule has 0 aliphatic heterocycles. The molecule has 0 aliphatic rings. The van der Waals surface area contributed by atoms with Crippen LogP contribution in [0.15, 0.2) is 12.7 Å². The molecule has 0 saturated carbocycles. The highest BCUT2D eigenvalue weighted by Crippen LogP contribution is 2.09. The van der Waals surface area contributed by atoms with Crippen LogP contribution in [0.3, 0.4) is 0 Å². The Morgan fingerprint density at radius 2 is 1.87 bits per heavy atom. The van der Waals surface area contributed by atoms with Crippen LogP contribution in [0.4, 0.5) is 0 Å². The number of allylic oxidation sites excluding steroid dienone is 1. The van der Waals surface area contributed by atoms with Crippen LogP contribution in [-0.4, -0.2) is 23.8 Å². The van der Waals surface area contributed by atoms with Crippen molar-refractivity contribution in [3.8, 4) is 0 Å².